The molecule has 0 saturated carbocycles. The van der Waals surface area contributed by atoms with Crippen LogP contribution in [0.25, 0.3) is 9.69 Å². The summed E-state index contributed by atoms with van der Waals surface area (Å²) in [5, 5.41) is -0.312. The van der Waals surface area contributed by atoms with Crippen molar-refractivity contribution in [1.29, 1.82) is 0 Å². The Balaban J connectivity index is 3.60. The maximum absolute atomic E-state index is 12.4. The molecule has 0 amide bonds. The van der Waals surface area contributed by atoms with Crippen molar-refractivity contribution in [1.82, 2.24) is 9.55 Å². The number of imidazole rings is 1. The minimum Gasteiger partial charge on any atom is -0.373 e. The summed E-state index contributed by atoms with van der Waals surface area (Å²) in [5.41, 5.74) is 0. The van der Waals surface area contributed by atoms with E-state index in [4.69, 9.17) is 13.1 Å². The van der Waals surface area contributed by atoms with Crippen LogP contribution in [0.1, 0.15) is 19.8 Å². The Hall–Kier alpha value is -0.420. The van der Waals surface area contributed by atoms with E-state index in [2.05, 4.69) is 62.5 Å². The van der Waals surface area contributed by atoms with Crippen LogP contribution < -0.4 is 0 Å². The van der Waals surface area contributed by atoms with Crippen molar-refractivity contribution in [2.24, 2.45) is 0 Å². The van der Waals surface area contributed by atoms with Gasteiger partial charge in [0.05, 0.1) is 6.54 Å². The minimum absolute atomic E-state index is 0.0521. The lowest BCUT2D eigenvalue weighted by Gasteiger charge is -2.10. The summed E-state index contributed by atoms with van der Waals surface area (Å²) >= 11 is 8.86. The smallest absolute Gasteiger partial charge is 0.373 e. The van der Waals surface area contributed by atoms with Crippen LogP contribution in [0.2, 0.25) is 0 Å². The van der Waals surface area contributed by atoms with Crippen LogP contribution >= 0.6 is 47.8 Å². The summed E-state index contributed by atoms with van der Waals surface area (Å²) < 4.78 is 24.5. The molecule has 0 spiro atoms. The van der Waals surface area contributed by atoms with Gasteiger partial charge in [-0.2, -0.15) is 0 Å². The van der Waals surface area contributed by atoms with Gasteiger partial charge in [0, 0.05) is 0 Å². The average Bonchev–Trinajstić information content (AvgIpc) is 2.72. The highest BCUT2D eigenvalue weighted by Crippen LogP contribution is 2.45. The van der Waals surface area contributed by atoms with Gasteiger partial charge in [-0.3, -0.25) is 4.57 Å². The summed E-state index contributed by atoms with van der Waals surface area (Å²) in [6.45, 7) is 16.4. The van der Waals surface area contributed by atoms with Crippen LogP contribution in [0.5, 0.6) is 0 Å². The maximum Gasteiger partial charge on any atom is 0.392 e. The molecule has 0 saturated heterocycles. The fourth-order valence-electron chi connectivity index (χ4n) is 1.42. The Kier molecular flexibility index (Phi) is 5.79. The number of hydrogen-bond acceptors (Lipinski definition) is 3. The second-order valence-electron chi connectivity index (χ2n) is 3.72. The zero-order valence-electron chi connectivity index (χ0n) is 10.3. The number of aromatic nitrogens is 2. The number of sulfone groups is 1. The van der Waals surface area contributed by atoms with Crippen LogP contribution in [0.3, 0.4) is 0 Å². The molecule has 0 atom stereocenters. The number of rotatable bonds is 4. The first-order chi connectivity index (χ1) is 9.20. The van der Waals surface area contributed by atoms with Crippen molar-refractivity contribution in [3.05, 3.63) is 22.8 Å². The predicted octanol–water partition coefficient (Wildman–Crippen LogP) is 4.35. The molecule has 1 heterocycles. The lowest BCUT2D eigenvalue weighted by atomic mass is 10.3. The molecular formula is C10H9Br3N4O2S. The van der Waals surface area contributed by atoms with Crippen molar-refractivity contribution in [2.75, 3.05) is 0 Å². The summed E-state index contributed by atoms with van der Waals surface area (Å²) in [6.07, 6.45) is 1.50. The quantitative estimate of drug-likeness (QED) is 0.467. The molecule has 108 valence electrons. The van der Waals surface area contributed by atoms with Gasteiger partial charge in [-0.05, 0) is 54.2 Å². The standard InChI is InChI=1S/C10H9Br3N4O2S/c1-4-5-6-17-8(15-3)7(14-2)16-9(17)20(18,19)10(11,12)13/h4-6H2,1H3. The van der Waals surface area contributed by atoms with Gasteiger partial charge >= 0.3 is 5.16 Å². The molecule has 6 nitrogen and oxygen atoms in total. The van der Waals surface area contributed by atoms with E-state index in [-0.39, 0.29) is 16.8 Å². The molecule has 0 aliphatic heterocycles. The molecule has 1 aromatic rings. The van der Waals surface area contributed by atoms with E-state index in [1.165, 1.54) is 4.57 Å². The zero-order valence-corrected chi connectivity index (χ0v) is 15.8. The van der Waals surface area contributed by atoms with Crippen LogP contribution in [-0.2, 0) is 16.4 Å². The molecule has 0 radical (unpaired) electrons. The van der Waals surface area contributed by atoms with Crippen LogP contribution in [0, 0.1) is 13.1 Å². The van der Waals surface area contributed by atoms with Gasteiger partial charge in [-0.15, -0.1) is 0 Å². The molecule has 0 aromatic carbocycles. The van der Waals surface area contributed by atoms with Crippen molar-refractivity contribution in [2.45, 2.75) is 32.9 Å². The first-order valence-corrected chi connectivity index (χ1v) is 9.23. The lowest BCUT2D eigenvalue weighted by Crippen LogP contribution is -2.22. The Morgan fingerprint density at radius 1 is 1.30 bits per heavy atom. The van der Waals surface area contributed by atoms with Crippen molar-refractivity contribution >= 4 is 69.3 Å². The van der Waals surface area contributed by atoms with Crippen molar-refractivity contribution in [3.8, 4) is 0 Å². The highest BCUT2D eigenvalue weighted by Gasteiger charge is 2.46. The lowest BCUT2D eigenvalue weighted by molar-refractivity contribution is 0.551. The second-order valence-corrected chi connectivity index (χ2v) is 14.0. The maximum atomic E-state index is 12.4. The molecule has 0 aliphatic carbocycles. The Labute approximate surface area is 142 Å². The largest absolute Gasteiger partial charge is 0.392 e. The number of unbranched alkanes of at least 4 members (excludes halogenated alkanes) is 1. The molecule has 1 rings (SSSR count). The van der Waals surface area contributed by atoms with Crippen LogP contribution in [-0.4, -0.2) is 19.4 Å². The van der Waals surface area contributed by atoms with Gasteiger partial charge in [-0.25, -0.2) is 8.42 Å². The molecule has 0 bridgehead atoms. The molecule has 10 heteroatoms. The molecule has 20 heavy (non-hydrogen) atoms. The van der Waals surface area contributed by atoms with Crippen LogP contribution in [0.15, 0.2) is 5.16 Å². The molecule has 0 aliphatic rings. The third-order valence-corrected chi connectivity index (χ3v) is 7.62. The van der Waals surface area contributed by atoms with E-state index >= 15 is 0 Å². The van der Waals surface area contributed by atoms with Gasteiger partial charge < -0.3 is 9.69 Å². The van der Waals surface area contributed by atoms with Crippen molar-refractivity contribution < 1.29 is 8.42 Å². The number of hydrogen-bond donors (Lipinski definition) is 0. The van der Waals surface area contributed by atoms with E-state index in [0.29, 0.717) is 13.0 Å². The normalized spacial score (nSPS) is 11.9. The number of halogens is 3. The van der Waals surface area contributed by atoms with E-state index < -0.39 is 11.3 Å². The monoisotopic (exact) mass is 486 g/mol. The SMILES string of the molecule is [C-]#[N+]c1nc(S(=O)(=O)C(Br)(Br)Br)n(CCCC)c1[N+]#[C-]. The fourth-order valence-corrected chi connectivity index (χ4v) is 3.61. The summed E-state index contributed by atoms with van der Waals surface area (Å²) in [4.78, 5) is 10.2. The molecule has 0 unspecified atom stereocenters. The van der Waals surface area contributed by atoms with E-state index in [0.717, 1.165) is 6.42 Å². The summed E-state index contributed by atoms with van der Waals surface area (Å²) in [5.74, 6) is -0.254. The highest BCUT2D eigenvalue weighted by molar-refractivity contribution is 9.42. The van der Waals surface area contributed by atoms with Crippen molar-refractivity contribution in [3.63, 3.8) is 0 Å². The summed E-state index contributed by atoms with van der Waals surface area (Å²) in [6, 6.07) is 0. The molecule has 0 fully saturated rings. The van der Waals surface area contributed by atoms with Crippen LogP contribution in [0.4, 0.5) is 11.6 Å². The third-order valence-electron chi connectivity index (χ3n) is 2.38. The molecule has 1 aromatic heterocycles. The number of alkyl halides is 3. The zero-order chi connectivity index (χ0) is 15.6. The van der Waals surface area contributed by atoms with Gasteiger partial charge in [0.15, 0.2) is 0 Å². The average molecular weight is 489 g/mol. The molecule has 0 N–H and O–H groups in total. The third kappa shape index (κ3) is 3.25. The van der Waals surface area contributed by atoms with E-state index in [1.54, 1.807) is 0 Å². The Bertz CT molecular complexity index is 692. The van der Waals surface area contributed by atoms with Gasteiger partial charge in [0.25, 0.3) is 21.5 Å². The molecular weight excluding hydrogens is 480 g/mol. The first kappa shape index (κ1) is 17.6. The predicted molar refractivity (Wildman–Crippen MR) is 86.4 cm³/mol. The fraction of sp³-hybridized carbons (Fsp3) is 0.500. The van der Waals surface area contributed by atoms with Gasteiger partial charge in [0.1, 0.15) is 0 Å². The Morgan fingerprint density at radius 2 is 1.90 bits per heavy atom. The minimum atomic E-state index is -3.94. The highest BCUT2D eigenvalue weighted by atomic mass is 80.0. The van der Waals surface area contributed by atoms with E-state index in [1.807, 2.05) is 6.92 Å². The topological polar surface area (TPSA) is 60.7 Å². The summed E-state index contributed by atoms with van der Waals surface area (Å²) in [7, 11) is -3.94. The number of nitrogens with zero attached hydrogens (tertiary/aromatic N) is 4. The second kappa shape index (κ2) is 6.56. The first-order valence-electron chi connectivity index (χ1n) is 5.37. The van der Waals surface area contributed by atoms with E-state index in [9.17, 15) is 8.42 Å². The Morgan fingerprint density at radius 3 is 2.30 bits per heavy atom. The van der Waals surface area contributed by atoms with Gasteiger partial charge in [-0.1, -0.05) is 31.5 Å². The van der Waals surface area contributed by atoms with Gasteiger partial charge in [0.2, 0.25) is 1.47 Å².